The standard InChI is InChI=1S/C9H8F3N3O4/c1-3-4(8(16)19-2)5(9(10,11)12)6(15(17)18)7(13)14-3/h1-2H3,(H2,13,14). The van der Waals surface area contributed by atoms with Gasteiger partial charge in [0.05, 0.1) is 17.7 Å². The van der Waals surface area contributed by atoms with Gasteiger partial charge in [-0.2, -0.15) is 13.2 Å². The lowest BCUT2D eigenvalue weighted by molar-refractivity contribution is -0.387. The molecule has 0 aliphatic heterocycles. The van der Waals surface area contributed by atoms with Crippen LogP contribution in [0.5, 0.6) is 0 Å². The number of nitrogens with zero attached hydrogens (tertiary/aromatic N) is 2. The van der Waals surface area contributed by atoms with Crippen LogP contribution in [0.15, 0.2) is 0 Å². The molecule has 1 heterocycles. The van der Waals surface area contributed by atoms with Crippen LogP contribution in [-0.2, 0) is 10.9 Å². The molecular formula is C9H8F3N3O4. The molecule has 1 aromatic heterocycles. The van der Waals surface area contributed by atoms with Crippen molar-refractivity contribution in [3.05, 3.63) is 26.9 Å². The van der Waals surface area contributed by atoms with Gasteiger partial charge in [0.15, 0.2) is 5.56 Å². The van der Waals surface area contributed by atoms with Gasteiger partial charge in [-0.05, 0) is 6.92 Å². The second-order valence-electron chi connectivity index (χ2n) is 3.43. The smallest absolute Gasteiger partial charge is 0.424 e. The first-order valence-electron chi connectivity index (χ1n) is 4.71. The zero-order valence-corrected chi connectivity index (χ0v) is 9.74. The number of nitrogen functional groups attached to an aromatic ring is 1. The molecule has 0 aliphatic rings. The summed E-state index contributed by atoms with van der Waals surface area (Å²) in [6.45, 7) is 1.07. The number of carbonyl (C=O) groups excluding carboxylic acids is 1. The van der Waals surface area contributed by atoms with Gasteiger partial charge < -0.3 is 10.5 Å². The molecular weight excluding hydrogens is 271 g/mol. The van der Waals surface area contributed by atoms with Crippen molar-refractivity contribution in [1.29, 1.82) is 0 Å². The van der Waals surface area contributed by atoms with Crippen LogP contribution in [0.2, 0.25) is 0 Å². The van der Waals surface area contributed by atoms with Gasteiger partial charge >= 0.3 is 17.8 Å². The van der Waals surface area contributed by atoms with Gasteiger partial charge in [0.2, 0.25) is 5.82 Å². The predicted octanol–water partition coefficient (Wildman–Crippen LogP) is 1.69. The Hall–Kier alpha value is -2.39. The highest BCUT2D eigenvalue weighted by atomic mass is 19.4. The van der Waals surface area contributed by atoms with Crippen LogP contribution >= 0.6 is 0 Å². The summed E-state index contributed by atoms with van der Waals surface area (Å²) < 4.78 is 43.0. The number of anilines is 1. The highest BCUT2D eigenvalue weighted by Gasteiger charge is 2.45. The predicted molar refractivity (Wildman–Crippen MR) is 56.4 cm³/mol. The largest absolute Gasteiger partial charge is 0.465 e. The summed E-state index contributed by atoms with van der Waals surface area (Å²) in [7, 11) is 0.851. The van der Waals surface area contributed by atoms with E-state index in [2.05, 4.69) is 9.72 Å². The van der Waals surface area contributed by atoms with Gasteiger partial charge in [-0.25, -0.2) is 9.78 Å². The van der Waals surface area contributed by atoms with Crippen molar-refractivity contribution < 1.29 is 27.6 Å². The summed E-state index contributed by atoms with van der Waals surface area (Å²) in [6, 6.07) is 0. The fourth-order valence-corrected chi connectivity index (χ4v) is 1.53. The Morgan fingerprint density at radius 2 is 2.00 bits per heavy atom. The minimum Gasteiger partial charge on any atom is -0.465 e. The molecule has 0 aromatic carbocycles. The van der Waals surface area contributed by atoms with Crippen molar-refractivity contribution in [2.24, 2.45) is 0 Å². The zero-order chi connectivity index (χ0) is 15.0. The van der Waals surface area contributed by atoms with Crippen molar-refractivity contribution >= 4 is 17.5 Å². The summed E-state index contributed by atoms with van der Waals surface area (Å²) in [5, 5.41) is 10.7. The lowest BCUT2D eigenvalue weighted by atomic mass is 10.0. The van der Waals surface area contributed by atoms with E-state index in [-0.39, 0.29) is 0 Å². The van der Waals surface area contributed by atoms with Crippen LogP contribution in [0, 0.1) is 17.0 Å². The van der Waals surface area contributed by atoms with Crippen molar-refractivity contribution in [2.45, 2.75) is 13.1 Å². The molecule has 0 amide bonds. The van der Waals surface area contributed by atoms with Crippen LogP contribution in [0.1, 0.15) is 21.6 Å². The second-order valence-corrected chi connectivity index (χ2v) is 3.43. The number of nitro groups is 1. The minimum atomic E-state index is -5.15. The van der Waals surface area contributed by atoms with Crippen molar-refractivity contribution in [1.82, 2.24) is 4.98 Å². The Kier molecular flexibility index (Phi) is 3.63. The van der Waals surface area contributed by atoms with E-state index in [9.17, 15) is 28.1 Å². The molecule has 0 spiro atoms. The highest BCUT2D eigenvalue weighted by molar-refractivity contribution is 5.94. The number of pyridine rings is 1. The Labute approximate surface area is 104 Å². The van der Waals surface area contributed by atoms with E-state index in [1.165, 1.54) is 0 Å². The summed E-state index contributed by atoms with van der Waals surface area (Å²) in [5.41, 5.74) is 0.492. The summed E-state index contributed by atoms with van der Waals surface area (Å²) >= 11 is 0. The Morgan fingerprint density at radius 1 is 1.47 bits per heavy atom. The quantitative estimate of drug-likeness (QED) is 0.501. The third kappa shape index (κ3) is 2.56. The Balaban J connectivity index is 3.87. The third-order valence-electron chi connectivity index (χ3n) is 2.23. The molecule has 2 N–H and O–H groups in total. The maximum absolute atomic E-state index is 12.9. The SMILES string of the molecule is COC(=O)c1c(C)nc(N)c([N+](=O)[O-])c1C(F)(F)F. The van der Waals surface area contributed by atoms with Gasteiger partial charge in [0.1, 0.15) is 5.56 Å². The molecule has 0 atom stereocenters. The second kappa shape index (κ2) is 4.71. The lowest BCUT2D eigenvalue weighted by Gasteiger charge is -2.14. The number of alkyl halides is 3. The van der Waals surface area contributed by atoms with Gasteiger partial charge in [-0.1, -0.05) is 0 Å². The van der Waals surface area contributed by atoms with Gasteiger partial charge in [-0.3, -0.25) is 10.1 Å². The number of rotatable bonds is 2. The average Bonchev–Trinajstić information content (AvgIpc) is 2.25. The third-order valence-corrected chi connectivity index (χ3v) is 2.23. The number of esters is 1. The van der Waals surface area contributed by atoms with E-state index in [0.717, 1.165) is 14.0 Å². The molecule has 10 heteroatoms. The van der Waals surface area contributed by atoms with Crippen LogP contribution in [0.25, 0.3) is 0 Å². The van der Waals surface area contributed by atoms with Gasteiger partial charge in [0.25, 0.3) is 0 Å². The summed E-state index contributed by atoms with van der Waals surface area (Å²) in [6.07, 6.45) is -5.15. The van der Waals surface area contributed by atoms with E-state index < -0.39 is 45.4 Å². The molecule has 0 radical (unpaired) electrons. The van der Waals surface area contributed by atoms with Gasteiger partial charge in [0, 0.05) is 0 Å². The number of hydrogen-bond donors (Lipinski definition) is 1. The van der Waals surface area contributed by atoms with E-state index >= 15 is 0 Å². The van der Waals surface area contributed by atoms with Crippen LogP contribution in [0.3, 0.4) is 0 Å². The van der Waals surface area contributed by atoms with E-state index in [1.54, 1.807) is 0 Å². The number of carbonyl (C=O) groups is 1. The fraction of sp³-hybridized carbons (Fsp3) is 0.333. The first kappa shape index (κ1) is 14.7. The monoisotopic (exact) mass is 279 g/mol. The van der Waals surface area contributed by atoms with E-state index in [1.807, 2.05) is 0 Å². The normalized spacial score (nSPS) is 11.2. The maximum Gasteiger partial charge on any atom is 0.424 e. The summed E-state index contributed by atoms with van der Waals surface area (Å²) in [4.78, 5) is 24.1. The number of methoxy groups -OCH3 is 1. The van der Waals surface area contributed by atoms with Crippen molar-refractivity contribution in [3.63, 3.8) is 0 Å². The van der Waals surface area contributed by atoms with Crippen LogP contribution in [-0.4, -0.2) is 23.0 Å². The number of nitrogens with two attached hydrogens (primary N) is 1. The average molecular weight is 279 g/mol. The number of aryl methyl sites for hydroxylation is 1. The molecule has 7 nitrogen and oxygen atoms in total. The molecule has 0 bridgehead atoms. The maximum atomic E-state index is 12.9. The zero-order valence-electron chi connectivity index (χ0n) is 9.74. The number of halogens is 3. The van der Waals surface area contributed by atoms with Gasteiger partial charge in [-0.15, -0.1) is 0 Å². The molecule has 1 aromatic rings. The molecule has 0 fully saturated rings. The van der Waals surface area contributed by atoms with E-state index in [0.29, 0.717) is 0 Å². The fourth-order valence-electron chi connectivity index (χ4n) is 1.53. The highest BCUT2D eigenvalue weighted by Crippen LogP contribution is 2.41. The molecule has 0 aliphatic carbocycles. The lowest BCUT2D eigenvalue weighted by Crippen LogP contribution is -2.20. The first-order valence-corrected chi connectivity index (χ1v) is 4.71. The Morgan fingerprint density at radius 3 is 2.37 bits per heavy atom. The minimum absolute atomic E-state index is 0.401. The first-order chi connectivity index (χ1) is 8.61. The topological polar surface area (TPSA) is 108 Å². The van der Waals surface area contributed by atoms with Crippen LogP contribution < -0.4 is 5.73 Å². The molecule has 0 saturated carbocycles. The molecule has 104 valence electrons. The summed E-state index contributed by atoms with van der Waals surface area (Å²) in [5.74, 6) is -2.29. The number of aromatic nitrogens is 1. The Bertz CT molecular complexity index is 557. The van der Waals surface area contributed by atoms with Crippen molar-refractivity contribution in [3.8, 4) is 0 Å². The molecule has 19 heavy (non-hydrogen) atoms. The van der Waals surface area contributed by atoms with Crippen molar-refractivity contribution in [2.75, 3.05) is 12.8 Å². The van der Waals surface area contributed by atoms with Crippen LogP contribution in [0.4, 0.5) is 24.7 Å². The number of ether oxygens (including phenoxy) is 1. The van der Waals surface area contributed by atoms with E-state index in [4.69, 9.17) is 5.73 Å². The number of hydrogen-bond acceptors (Lipinski definition) is 6. The molecule has 0 saturated heterocycles. The molecule has 0 unspecified atom stereocenters. The molecule has 1 rings (SSSR count).